The van der Waals surface area contributed by atoms with E-state index in [0.29, 0.717) is 12.1 Å². The molecule has 7 heteroatoms. The molecule has 1 nitrogen and oxygen atoms in total. The highest BCUT2D eigenvalue weighted by atomic mass is 19.4. The van der Waals surface area contributed by atoms with E-state index in [0.717, 1.165) is 12.1 Å². The van der Waals surface area contributed by atoms with Gasteiger partial charge in [-0.3, -0.25) is 0 Å². The second-order valence-electron chi connectivity index (χ2n) is 3.83. The Morgan fingerprint density at radius 3 is 1.95 bits per heavy atom. The second kappa shape index (κ2) is 5.07. The molecule has 2 rings (SSSR count). The van der Waals surface area contributed by atoms with Gasteiger partial charge in [0.05, 0.1) is 0 Å². The van der Waals surface area contributed by atoms with Crippen LogP contribution < -0.4 is 4.74 Å². The van der Waals surface area contributed by atoms with Crippen LogP contribution in [0.3, 0.4) is 0 Å². The van der Waals surface area contributed by atoms with Crippen molar-refractivity contribution in [1.82, 2.24) is 0 Å². The molecule has 106 valence electrons. The predicted molar refractivity (Wildman–Crippen MR) is 58.4 cm³/mol. The molecule has 2 aromatic rings. The Morgan fingerprint density at radius 2 is 1.40 bits per heavy atom. The van der Waals surface area contributed by atoms with Gasteiger partial charge in [0.1, 0.15) is 5.75 Å². The van der Waals surface area contributed by atoms with Crippen LogP contribution in [0, 0.1) is 17.5 Å². The maximum absolute atomic E-state index is 13.1. The Hall–Kier alpha value is -2.18. The number of hydrogen-bond acceptors (Lipinski definition) is 1. The summed E-state index contributed by atoms with van der Waals surface area (Å²) in [4.78, 5) is 0. The van der Waals surface area contributed by atoms with Gasteiger partial charge in [-0.1, -0.05) is 12.1 Å². The van der Waals surface area contributed by atoms with Crippen LogP contribution in [0.4, 0.5) is 26.3 Å². The maximum atomic E-state index is 13.1. The maximum Gasteiger partial charge on any atom is 0.573 e. The topological polar surface area (TPSA) is 9.23 Å². The minimum Gasteiger partial charge on any atom is -0.406 e. The lowest BCUT2D eigenvalue weighted by Gasteiger charge is -2.10. The normalized spacial score (nSPS) is 11.5. The smallest absolute Gasteiger partial charge is 0.406 e. The third kappa shape index (κ3) is 3.23. The van der Waals surface area contributed by atoms with Crippen molar-refractivity contribution in [2.45, 2.75) is 6.36 Å². The third-order valence-corrected chi connectivity index (χ3v) is 2.38. The lowest BCUT2D eigenvalue weighted by atomic mass is 10.0. The molecule has 0 unspecified atom stereocenters. The molecule has 2 aromatic carbocycles. The molecule has 0 aliphatic carbocycles. The van der Waals surface area contributed by atoms with Crippen molar-refractivity contribution in [3.8, 4) is 16.9 Å². The molecular weight excluding hydrogens is 286 g/mol. The summed E-state index contributed by atoms with van der Waals surface area (Å²) in [5.74, 6) is -5.04. The van der Waals surface area contributed by atoms with E-state index in [-0.39, 0.29) is 11.1 Å². The van der Waals surface area contributed by atoms with E-state index >= 15 is 0 Å². The first-order valence-electron chi connectivity index (χ1n) is 5.27. The molecule has 0 aromatic heterocycles. The number of alkyl halides is 3. The van der Waals surface area contributed by atoms with Gasteiger partial charge in [0.2, 0.25) is 0 Å². The van der Waals surface area contributed by atoms with Crippen molar-refractivity contribution < 1.29 is 31.1 Å². The fraction of sp³-hybridized carbons (Fsp3) is 0.0769. The molecule has 0 saturated heterocycles. The summed E-state index contributed by atoms with van der Waals surface area (Å²) in [6, 6.07) is 5.88. The van der Waals surface area contributed by atoms with E-state index in [2.05, 4.69) is 4.74 Å². The van der Waals surface area contributed by atoms with E-state index < -0.39 is 29.6 Å². The van der Waals surface area contributed by atoms with Crippen molar-refractivity contribution in [2.75, 3.05) is 0 Å². The standard InChI is InChI=1S/C13H6F6O/c14-10-5-8(6-11(15)12(10)16)7-2-1-3-9(4-7)20-13(17,18)19/h1-6H. The summed E-state index contributed by atoms with van der Waals surface area (Å²) >= 11 is 0. The number of rotatable bonds is 2. The number of benzene rings is 2. The lowest BCUT2D eigenvalue weighted by Crippen LogP contribution is -2.17. The van der Waals surface area contributed by atoms with Gasteiger partial charge >= 0.3 is 6.36 Å². The Labute approximate surface area is 109 Å². The lowest BCUT2D eigenvalue weighted by molar-refractivity contribution is -0.274. The van der Waals surface area contributed by atoms with E-state index in [9.17, 15) is 26.3 Å². The average Bonchev–Trinajstić information content (AvgIpc) is 2.33. The van der Waals surface area contributed by atoms with Gasteiger partial charge in [-0.05, 0) is 35.4 Å². The zero-order valence-corrected chi connectivity index (χ0v) is 9.64. The largest absolute Gasteiger partial charge is 0.573 e. The zero-order valence-electron chi connectivity index (χ0n) is 9.64. The van der Waals surface area contributed by atoms with Crippen LogP contribution >= 0.6 is 0 Å². The van der Waals surface area contributed by atoms with Crippen LogP contribution in [0.5, 0.6) is 5.75 Å². The molecule has 20 heavy (non-hydrogen) atoms. The van der Waals surface area contributed by atoms with Crippen molar-refractivity contribution >= 4 is 0 Å². The van der Waals surface area contributed by atoms with Crippen molar-refractivity contribution in [3.05, 3.63) is 53.8 Å². The van der Waals surface area contributed by atoms with Gasteiger partial charge in [-0.15, -0.1) is 13.2 Å². The van der Waals surface area contributed by atoms with Gasteiger partial charge < -0.3 is 4.74 Å². The summed E-state index contributed by atoms with van der Waals surface area (Å²) in [6.45, 7) is 0. The molecule has 0 aliphatic heterocycles. The van der Waals surface area contributed by atoms with Crippen LogP contribution in [-0.2, 0) is 0 Å². The molecule has 0 amide bonds. The average molecular weight is 292 g/mol. The first kappa shape index (κ1) is 14.2. The van der Waals surface area contributed by atoms with Crippen LogP contribution in [0.25, 0.3) is 11.1 Å². The molecule has 0 N–H and O–H groups in total. The van der Waals surface area contributed by atoms with E-state index in [1.807, 2.05) is 0 Å². The summed E-state index contributed by atoms with van der Waals surface area (Å²) < 4.78 is 78.8. The molecule has 0 aliphatic rings. The molecule has 0 saturated carbocycles. The van der Waals surface area contributed by atoms with Crippen molar-refractivity contribution in [3.63, 3.8) is 0 Å². The highest BCUT2D eigenvalue weighted by molar-refractivity contribution is 5.65. The number of ether oxygens (including phenoxy) is 1. The molecule has 0 radical (unpaired) electrons. The second-order valence-corrected chi connectivity index (χ2v) is 3.83. The predicted octanol–water partition coefficient (Wildman–Crippen LogP) is 4.67. The van der Waals surface area contributed by atoms with Crippen molar-refractivity contribution in [2.24, 2.45) is 0 Å². The van der Waals surface area contributed by atoms with Crippen LogP contribution in [0.2, 0.25) is 0 Å². The van der Waals surface area contributed by atoms with Crippen LogP contribution in [0.1, 0.15) is 0 Å². The third-order valence-electron chi connectivity index (χ3n) is 2.38. The first-order chi connectivity index (χ1) is 9.26. The highest BCUT2D eigenvalue weighted by Crippen LogP contribution is 2.29. The molecule has 0 bridgehead atoms. The Morgan fingerprint density at radius 1 is 0.800 bits per heavy atom. The van der Waals surface area contributed by atoms with Gasteiger partial charge in [0, 0.05) is 0 Å². The van der Waals surface area contributed by atoms with Crippen LogP contribution in [0.15, 0.2) is 36.4 Å². The fourth-order valence-electron chi connectivity index (χ4n) is 1.59. The minimum absolute atomic E-state index is 0.0598. The van der Waals surface area contributed by atoms with E-state index in [1.165, 1.54) is 12.1 Å². The summed E-state index contributed by atoms with van der Waals surface area (Å²) in [7, 11) is 0. The summed E-state index contributed by atoms with van der Waals surface area (Å²) in [6.07, 6.45) is -4.88. The SMILES string of the molecule is Fc1cc(-c2cccc(OC(F)(F)F)c2)cc(F)c1F. The minimum atomic E-state index is -4.88. The Kier molecular flexibility index (Phi) is 3.61. The molecule has 0 atom stereocenters. The van der Waals surface area contributed by atoms with Crippen LogP contribution in [-0.4, -0.2) is 6.36 Å². The summed E-state index contributed by atoms with van der Waals surface area (Å²) in [5.41, 5.74) is -0.0430. The van der Waals surface area contributed by atoms with E-state index in [1.54, 1.807) is 0 Å². The number of halogens is 6. The van der Waals surface area contributed by atoms with Gasteiger partial charge in [-0.25, -0.2) is 13.2 Å². The zero-order chi connectivity index (χ0) is 14.9. The highest BCUT2D eigenvalue weighted by Gasteiger charge is 2.31. The van der Waals surface area contributed by atoms with Gasteiger partial charge in [0.25, 0.3) is 0 Å². The van der Waals surface area contributed by atoms with Crippen molar-refractivity contribution in [1.29, 1.82) is 0 Å². The number of hydrogen-bond donors (Lipinski definition) is 0. The molecule has 0 spiro atoms. The Bertz CT molecular complexity index is 612. The fourth-order valence-corrected chi connectivity index (χ4v) is 1.59. The quantitative estimate of drug-likeness (QED) is 0.577. The molecule has 0 fully saturated rings. The molecular formula is C13H6F6O. The molecule has 0 heterocycles. The van der Waals surface area contributed by atoms with Gasteiger partial charge in [0.15, 0.2) is 17.5 Å². The Balaban J connectivity index is 2.41. The summed E-state index contributed by atoms with van der Waals surface area (Å²) in [5, 5.41) is 0. The van der Waals surface area contributed by atoms with Gasteiger partial charge in [-0.2, -0.15) is 0 Å². The van der Waals surface area contributed by atoms with E-state index in [4.69, 9.17) is 0 Å². The first-order valence-corrected chi connectivity index (χ1v) is 5.27. The monoisotopic (exact) mass is 292 g/mol.